The fourth-order valence-corrected chi connectivity index (χ4v) is 1.50. The fraction of sp³-hybridized carbons (Fsp3) is 1.00. The van der Waals surface area contributed by atoms with Crippen molar-refractivity contribution in [3.05, 3.63) is 0 Å². The zero-order valence-electron chi connectivity index (χ0n) is 10.8. The summed E-state index contributed by atoms with van der Waals surface area (Å²) in [6.07, 6.45) is 7.94. The van der Waals surface area contributed by atoms with E-state index in [0.29, 0.717) is 6.10 Å². The molecule has 0 bridgehead atoms. The van der Waals surface area contributed by atoms with Crippen LogP contribution in [0.5, 0.6) is 0 Å². The highest BCUT2D eigenvalue weighted by Crippen LogP contribution is 2.02. The molecule has 2 heteroatoms. The van der Waals surface area contributed by atoms with Gasteiger partial charge in [-0.25, -0.2) is 0 Å². The molecule has 1 N–H and O–H groups in total. The Morgan fingerprint density at radius 3 is 2.47 bits per heavy atom. The molecule has 92 valence electrons. The molecular formula is C13H29NO. The minimum absolute atomic E-state index is 0.413. The summed E-state index contributed by atoms with van der Waals surface area (Å²) in [6, 6.07) is 0. The normalized spacial score (nSPS) is 13.0. The number of rotatable bonds is 11. The predicted octanol–water partition coefficient (Wildman–Crippen LogP) is 3.36. The molecule has 0 spiro atoms. The second-order valence-corrected chi connectivity index (χ2v) is 4.28. The molecule has 1 unspecified atom stereocenters. The van der Waals surface area contributed by atoms with Gasteiger partial charge >= 0.3 is 0 Å². The molecule has 0 aromatic heterocycles. The molecule has 0 aliphatic heterocycles. The van der Waals surface area contributed by atoms with Gasteiger partial charge in [0, 0.05) is 6.61 Å². The van der Waals surface area contributed by atoms with Crippen molar-refractivity contribution in [1.29, 1.82) is 0 Å². The molecule has 0 aliphatic carbocycles. The van der Waals surface area contributed by atoms with Crippen LogP contribution in [0.2, 0.25) is 0 Å². The van der Waals surface area contributed by atoms with Crippen LogP contribution in [0.15, 0.2) is 0 Å². The number of hydrogen-bond acceptors (Lipinski definition) is 2. The smallest absolute Gasteiger partial charge is 0.0559 e. The third-order valence-electron chi connectivity index (χ3n) is 2.55. The maximum Gasteiger partial charge on any atom is 0.0559 e. The van der Waals surface area contributed by atoms with Crippen molar-refractivity contribution in [2.24, 2.45) is 0 Å². The molecule has 0 rings (SSSR count). The van der Waals surface area contributed by atoms with Crippen LogP contribution in [0, 0.1) is 0 Å². The first-order valence-electron chi connectivity index (χ1n) is 6.63. The molecule has 0 heterocycles. The molecular weight excluding hydrogens is 186 g/mol. The van der Waals surface area contributed by atoms with Crippen molar-refractivity contribution < 1.29 is 4.74 Å². The van der Waals surface area contributed by atoms with Crippen LogP contribution in [-0.2, 0) is 4.74 Å². The highest BCUT2D eigenvalue weighted by atomic mass is 16.5. The molecule has 1 atom stereocenters. The Labute approximate surface area is 95.8 Å². The van der Waals surface area contributed by atoms with Crippen molar-refractivity contribution in [1.82, 2.24) is 5.32 Å². The van der Waals surface area contributed by atoms with Gasteiger partial charge in [0.2, 0.25) is 0 Å². The molecule has 15 heavy (non-hydrogen) atoms. The summed E-state index contributed by atoms with van der Waals surface area (Å²) >= 11 is 0. The number of nitrogens with one attached hydrogen (secondary N) is 1. The van der Waals surface area contributed by atoms with Gasteiger partial charge in [-0.3, -0.25) is 0 Å². The zero-order valence-corrected chi connectivity index (χ0v) is 10.8. The van der Waals surface area contributed by atoms with Gasteiger partial charge in [0.25, 0.3) is 0 Å². The van der Waals surface area contributed by atoms with Gasteiger partial charge < -0.3 is 10.1 Å². The summed E-state index contributed by atoms with van der Waals surface area (Å²) in [4.78, 5) is 0. The highest BCUT2D eigenvalue weighted by Gasteiger charge is 2.00. The highest BCUT2D eigenvalue weighted by molar-refractivity contribution is 4.54. The quantitative estimate of drug-likeness (QED) is 0.534. The SMILES string of the molecule is CCCCCCOC(C)CCNCCC. The summed E-state index contributed by atoms with van der Waals surface area (Å²) in [5, 5.41) is 3.40. The van der Waals surface area contributed by atoms with E-state index in [-0.39, 0.29) is 0 Å². The van der Waals surface area contributed by atoms with E-state index < -0.39 is 0 Å². The topological polar surface area (TPSA) is 21.3 Å². The van der Waals surface area contributed by atoms with Crippen molar-refractivity contribution >= 4 is 0 Å². The predicted molar refractivity (Wildman–Crippen MR) is 67.3 cm³/mol. The van der Waals surface area contributed by atoms with Crippen LogP contribution in [0.1, 0.15) is 59.3 Å². The average molecular weight is 215 g/mol. The van der Waals surface area contributed by atoms with Crippen molar-refractivity contribution in [2.75, 3.05) is 19.7 Å². The molecule has 0 saturated heterocycles. The zero-order chi connectivity index (χ0) is 11.4. The minimum Gasteiger partial charge on any atom is -0.378 e. The van der Waals surface area contributed by atoms with Crippen LogP contribution in [0.3, 0.4) is 0 Å². The van der Waals surface area contributed by atoms with Crippen LogP contribution in [0.4, 0.5) is 0 Å². The number of unbranched alkanes of at least 4 members (excludes halogenated alkanes) is 3. The van der Waals surface area contributed by atoms with E-state index in [2.05, 4.69) is 26.1 Å². The van der Waals surface area contributed by atoms with Gasteiger partial charge in [-0.1, -0.05) is 33.1 Å². The van der Waals surface area contributed by atoms with E-state index >= 15 is 0 Å². The molecule has 2 nitrogen and oxygen atoms in total. The van der Waals surface area contributed by atoms with E-state index in [1.165, 1.54) is 32.1 Å². The van der Waals surface area contributed by atoms with Gasteiger partial charge in [0.15, 0.2) is 0 Å². The van der Waals surface area contributed by atoms with E-state index in [4.69, 9.17) is 4.74 Å². The summed E-state index contributed by atoms with van der Waals surface area (Å²) in [5.41, 5.74) is 0. The minimum atomic E-state index is 0.413. The van der Waals surface area contributed by atoms with Gasteiger partial charge in [-0.15, -0.1) is 0 Å². The van der Waals surface area contributed by atoms with Gasteiger partial charge in [0.05, 0.1) is 6.10 Å². The van der Waals surface area contributed by atoms with Crippen molar-refractivity contribution in [3.8, 4) is 0 Å². The second-order valence-electron chi connectivity index (χ2n) is 4.28. The Bertz CT molecular complexity index is 117. The van der Waals surface area contributed by atoms with E-state index in [0.717, 1.165) is 26.1 Å². The van der Waals surface area contributed by atoms with Crippen LogP contribution in [0.25, 0.3) is 0 Å². The van der Waals surface area contributed by atoms with Gasteiger partial charge in [0.1, 0.15) is 0 Å². The molecule has 0 aromatic carbocycles. The lowest BCUT2D eigenvalue weighted by Crippen LogP contribution is -2.21. The number of hydrogen-bond donors (Lipinski definition) is 1. The van der Waals surface area contributed by atoms with Crippen molar-refractivity contribution in [3.63, 3.8) is 0 Å². The second kappa shape index (κ2) is 12.0. The van der Waals surface area contributed by atoms with E-state index in [9.17, 15) is 0 Å². The summed E-state index contributed by atoms with van der Waals surface area (Å²) < 4.78 is 5.73. The lowest BCUT2D eigenvalue weighted by atomic mass is 10.2. The molecule has 0 amide bonds. The standard InChI is InChI=1S/C13H29NO/c1-4-6-7-8-12-15-13(3)9-11-14-10-5-2/h13-14H,4-12H2,1-3H3. The third kappa shape index (κ3) is 11.8. The lowest BCUT2D eigenvalue weighted by molar-refractivity contribution is 0.0577. The van der Waals surface area contributed by atoms with Crippen LogP contribution < -0.4 is 5.32 Å². The average Bonchev–Trinajstić information content (AvgIpc) is 2.24. The first kappa shape index (κ1) is 14.9. The molecule has 0 aliphatic rings. The maximum absolute atomic E-state index is 5.73. The molecule has 0 aromatic rings. The summed E-state index contributed by atoms with van der Waals surface area (Å²) in [7, 11) is 0. The molecule has 0 fully saturated rings. The fourth-order valence-electron chi connectivity index (χ4n) is 1.50. The maximum atomic E-state index is 5.73. The molecule has 0 radical (unpaired) electrons. The first-order valence-corrected chi connectivity index (χ1v) is 6.63. The molecule has 0 saturated carbocycles. The first-order chi connectivity index (χ1) is 7.31. The van der Waals surface area contributed by atoms with Gasteiger partial charge in [-0.2, -0.15) is 0 Å². The Hall–Kier alpha value is -0.0800. The largest absolute Gasteiger partial charge is 0.378 e. The Morgan fingerprint density at radius 2 is 1.80 bits per heavy atom. The Morgan fingerprint density at radius 1 is 1.00 bits per heavy atom. The Kier molecular flexibility index (Phi) is 11.9. The Balaban J connectivity index is 3.08. The number of ether oxygens (including phenoxy) is 1. The van der Waals surface area contributed by atoms with Gasteiger partial charge in [-0.05, 0) is 39.3 Å². The summed E-state index contributed by atoms with van der Waals surface area (Å²) in [5.74, 6) is 0. The summed E-state index contributed by atoms with van der Waals surface area (Å²) in [6.45, 7) is 9.76. The lowest BCUT2D eigenvalue weighted by Gasteiger charge is -2.13. The third-order valence-corrected chi connectivity index (χ3v) is 2.55. The van der Waals surface area contributed by atoms with E-state index in [1.54, 1.807) is 0 Å². The van der Waals surface area contributed by atoms with E-state index in [1.807, 2.05) is 0 Å². The van der Waals surface area contributed by atoms with Crippen molar-refractivity contribution in [2.45, 2.75) is 65.4 Å². The van der Waals surface area contributed by atoms with Crippen LogP contribution in [-0.4, -0.2) is 25.8 Å². The monoisotopic (exact) mass is 215 g/mol. The van der Waals surface area contributed by atoms with Crippen LogP contribution >= 0.6 is 0 Å².